The Hall–Kier alpha value is -1.02. The molecule has 120 valence electrons. The Morgan fingerprint density at radius 3 is 1.81 bits per heavy atom. The smallest absolute Gasteiger partial charge is 0.119 e. The van der Waals surface area contributed by atoms with Gasteiger partial charge in [0, 0.05) is 6.54 Å². The summed E-state index contributed by atoms with van der Waals surface area (Å²) in [6.07, 6.45) is 13.6. The third-order valence-electron chi connectivity index (χ3n) is 3.93. The third-order valence-corrected chi connectivity index (χ3v) is 3.93. The SMILES string of the molecule is CCCCCCCCCCCCOc1ccc(CN)cc1. The van der Waals surface area contributed by atoms with Gasteiger partial charge >= 0.3 is 0 Å². The number of hydrogen-bond donors (Lipinski definition) is 1. The fourth-order valence-corrected chi connectivity index (χ4v) is 2.50. The first-order valence-electron chi connectivity index (χ1n) is 8.78. The van der Waals surface area contributed by atoms with Gasteiger partial charge in [-0.3, -0.25) is 0 Å². The molecule has 0 aromatic heterocycles. The number of rotatable bonds is 13. The predicted molar refractivity (Wildman–Crippen MR) is 91.7 cm³/mol. The number of nitrogens with two attached hydrogens (primary N) is 1. The molecular formula is C19H33NO. The van der Waals surface area contributed by atoms with E-state index in [-0.39, 0.29) is 0 Å². The van der Waals surface area contributed by atoms with Gasteiger partial charge in [0.1, 0.15) is 5.75 Å². The van der Waals surface area contributed by atoms with Crippen LogP contribution >= 0.6 is 0 Å². The maximum absolute atomic E-state index is 5.74. The van der Waals surface area contributed by atoms with Gasteiger partial charge in [0.05, 0.1) is 6.61 Å². The predicted octanol–water partition coefficient (Wildman–Crippen LogP) is 5.45. The first-order chi connectivity index (χ1) is 10.4. The van der Waals surface area contributed by atoms with E-state index < -0.39 is 0 Å². The largest absolute Gasteiger partial charge is 0.494 e. The lowest BCUT2D eigenvalue weighted by Crippen LogP contribution is -1.99. The van der Waals surface area contributed by atoms with E-state index in [0.717, 1.165) is 24.3 Å². The average Bonchev–Trinajstić information content (AvgIpc) is 2.53. The minimum atomic E-state index is 0.596. The van der Waals surface area contributed by atoms with E-state index in [9.17, 15) is 0 Å². The molecule has 21 heavy (non-hydrogen) atoms. The molecule has 1 aromatic carbocycles. The molecule has 0 spiro atoms. The molecule has 2 N–H and O–H groups in total. The molecule has 1 aromatic rings. The van der Waals surface area contributed by atoms with Crippen LogP contribution in [-0.2, 0) is 6.54 Å². The van der Waals surface area contributed by atoms with Crippen LogP contribution in [0.4, 0.5) is 0 Å². The van der Waals surface area contributed by atoms with Crippen LogP contribution in [0.15, 0.2) is 24.3 Å². The number of ether oxygens (including phenoxy) is 1. The molecule has 0 aliphatic heterocycles. The van der Waals surface area contributed by atoms with Gasteiger partial charge in [-0.15, -0.1) is 0 Å². The number of hydrogen-bond acceptors (Lipinski definition) is 2. The molecule has 1 rings (SSSR count). The van der Waals surface area contributed by atoms with Crippen LogP contribution in [0.3, 0.4) is 0 Å². The number of benzene rings is 1. The zero-order valence-corrected chi connectivity index (χ0v) is 13.8. The molecule has 0 aliphatic carbocycles. The van der Waals surface area contributed by atoms with Crippen LogP contribution in [-0.4, -0.2) is 6.61 Å². The maximum Gasteiger partial charge on any atom is 0.119 e. The summed E-state index contributed by atoms with van der Waals surface area (Å²) in [5.74, 6) is 0.961. The fourth-order valence-electron chi connectivity index (χ4n) is 2.50. The summed E-state index contributed by atoms with van der Waals surface area (Å²) >= 11 is 0. The van der Waals surface area contributed by atoms with Crippen molar-refractivity contribution in [2.45, 2.75) is 77.7 Å². The van der Waals surface area contributed by atoms with Crippen molar-refractivity contribution in [1.29, 1.82) is 0 Å². The Labute approximate surface area is 131 Å². The Bertz CT molecular complexity index is 334. The summed E-state index contributed by atoms with van der Waals surface area (Å²) in [6.45, 7) is 3.70. The second kappa shape index (κ2) is 12.7. The summed E-state index contributed by atoms with van der Waals surface area (Å²) in [4.78, 5) is 0. The topological polar surface area (TPSA) is 35.2 Å². The van der Waals surface area contributed by atoms with Gasteiger partial charge in [-0.25, -0.2) is 0 Å². The van der Waals surface area contributed by atoms with Crippen molar-refractivity contribution in [3.05, 3.63) is 29.8 Å². The summed E-state index contributed by atoms with van der Waals surface area (Å²) in [6, 6.07) is 8.10. The van der Waals surface area contributed by atoms with Crippen LogP contribution < -0.4 is 10.5 Å². The summed E-state index contributed by atoms with van der Waals surface area (Å²) < 4.78 is 5.74. The van der Waals surface area contributed by atoms with Gasteiger partial charge in [0.15, 0.2) is 0 Å². The van der Waals surface area contributed by atoms with E-state index in [2.05, 4.69) is 6.92 Å². The molecule has 0 amide bonds. The van der Waals surface area contributed by atoms with Gasteiger partial charge < -0.3 is 10.5 Å². The highest BCUT2D eigenvalue weighted by Gasteiger charge is 1.96. The lowest BCUT2D eigenvalue weighted by molar-refractivity contribution is 0.304. The fraction of sp³-hybridized carbons (Fsp3) is 0.684. The van der Waals surface area contributed by atoms with Crippen LogP contribution in [0.1, 0.15) is 76.7 Å². The van der Waals surface area contributed by atoms with Gasteiger partial charge in [-0.2, -0.15) is 0 Å². The van der Waals surface area contributed by atoms with E-state index in [0.29, 0.717) is 6.54 Å². The molecule has 0 aliphatic rings. The second-order valence-corrected chi connectivity index (χ2v) is 5.88. The van der Waals surface area contributed by atoms with Crippen LogP contribution in [0.25, 0.3) is 0 Å². The molecule has 2 heteroatoms. The first kappa shape index (κ1) is 18.0. The molecule has 0 atom stereocenters. The molecule has 0 saturated heterocycles. The standard InChI is InChI=1S/C19H33NO/c1-2-3-4-5-6-7-8-9-10-11-16-21-19-14-12-18(17-20)13-15-19/h12-15H,2-11,16-17,20H2,1H3. The van der Waals surface area contributed by atoms with Gasteiger partial charge in [0.25, 0.3) is 0 Å². The zero-order valence-electron chi connectivity index (χ0n) is 13.8. The quantitative estimate of drug-likeness (QED) is 0.491. The number of unbranched alkanes of at least 4 members (excludes halogenated alkanes) is 9. The molecule has 0 bridgehead atoms. The van der Waals surface area contributed by atoms with Crippen molar-refractivity contribution < 1.29 is 4.74 Å². The third kappa shape index (κ3) is 9.52. The van der Waals surface area contributed by atoms with Gasteiger partial charge in [-0.05, 0) is 24.1 Å². The van der Waals surface area contributed by atoms with Crippen molar-refractivity contribution in [1.82, 2.24) is 0 Å². The summed E-state index contributed by atoms with van der Waals surface area (Å²) in [5.41, 5.74) is 6.73. The second-order valence-electron chi connectivity index (χ2n) is 5.88. The average molecular weight is 291 g/mol. The summed E-state index contributed by atoms with van der Waals surface area (Å²) in [7, 11) is 0. The molecular weight excluding hydrogens is 258 g/mol. The Kier molecular flexibility index (Phi) is 10.9. The minimum Gasteiger partial charge on any atom is -0.494 e. The molecule has 0 unspecified atom stereocenters. The van der Waals surface area contributed by atoms with E-state index in [1.807, 2.05) is 24.3 Å². The van der Waals surface area contributed by atoms with E-state index in [4.69, 9.17) is 10.5 Å². The van der Waals surface area contributed by atoms with Gasteiger partial charge in [-0.1, -0.05) is 76.8 Å². The Morgan fingerprint density at radius 1 is 0.762 bits per heavy atom. The Balaban J connectivity index is 1.88. The zero-order chi connectivity index (χ0) is 15.2. The monoisotopic (exact) mass is 291 g/mol. The first-order valence-corrected chi connectivity index (χ1v) is 8.78. The maximum atomic E-state index is 5.74. The molecule has 0 heterocycles. The van der Waals surface area contributed by atoms with Crippen LogP contribution in [0.2, 0.25) is 0 Å². The lowest BCUT2D eigenvalue weighted by Gasteiger charge is -2.07. The van der Waals surface area contributed by atoms with Gasteiger partial charge in [0.2, 0.25) is 0 Å². The van der Waals surface area contributed by atoms with Crippen molar-refractivity contribution in [2.24, 2.45) is 5.73 Å². The minimum absolute atomic E-state index is 0.596. The summed E-state index contributed by atoms with van der Waals surface area (Å²) in [5, 5.41) is 0. The van der Waals surface area contributed by atoms with Crippen molar-refractivity contribution in [2.75, 3.05) is 6.61 Å². The van der Waals surface area contributed by atoms with E-state index in [1.54, 1.807) is 0 Å². The normalized spacial score (nSPS) is 10.8. The van der Waals surface area contributed by atoms with Crippen molar-refractivity contribution in [3.63, 3.8) is 0 Å². The molecule has 0 radical (unpaired) electrons. The Morgan fingerprint density at radius 2 is 1.29 bits per heavy atom. The van der Waals surface area contributed by atoms with E-state index >= 15 is 0 Å². The molecule has 2 nitrogen and oxygen atoms in total. The highest BCUT2D eigenvalue weighted by Crippen LogP contribution is 2.13. The van der Waals surface area contributed by atoms with Crippen molar-refractivity contribution >= 4 is 0 Å². The highest BCUT2D eigenvalue weighted by atomic mass is 16.5. The molecule has 0 fully saturated rings. The lowest BCUT2D eigenvalue weighted by atomic mass is 10.1. The van der Waals surface area contributed by atoms with Crippen LogP contribution in [0, 0.1) is 0 Å². The highest BCUT2D eigenvalue weighted by molar-refractivity contribution is 5.26. The molecule has 0 saturated carbocycles. The van der Waals surface area contributed by atoms with E-state index in [1.165, 1.54) is 57.8 Å². The van der Waals surface area contributed by atoms with Crippen molar-refractivity contribution in [3.8, 4) is 5.75 Å². The van der Waals surface area contributed by atoms with Crippen LogP contribution in [0.5, 0.6) is 5.75 Å².